The summed E-state index contributed by atoms with van der Waals surface area (Å²) in [6.07, 6.45) is 3.44. The van der Waals surface area contributed by atoms with E-state index in [-0.39, 0.29) is 17.3 Å². The van der Waals surface area contributed by atoms with Crippen LogP contribution in [0.5, 0.6) is 5.75 Å². The molecule has 0 fully saturated rings. The molecular weight excluding hydrogens is 379 g/mol. The quantitative estimate of drug-likeness (QED) is 0.409. The van der Waals surface area contributed by atoms with E-state index in [4.69, 9.17) is 13.6 Å². The van der Waals surface area contributed by atoms with Gasteiger partial charge in [0.05, 0.1) is 12.0 Å². The van der Waals surface area contributed by atoms with Crippen LogP contribution in [-0.2, 0) is 6.42 Å². The highest BCUT2D eigenvalue weighted by molar-refractivity contribution is 6.06. The van der Waals surface area contributed by atoms with E-state index in [0.29, 0.717) is 35.4 Å². The Bertz CT molecular complexity index is 1080. The number of hydrogen-bond donors (Lipinski definition) is 1. The number of hydrazone groups is 1. The lowest BCUT2D eigenvalue weighted by Crippen LogP contribution is -2.21. The van der Waals surface area contributed by atoms with Crippen LogP contribution >= 0.6 is 0 Å². The average Bonchev–Trinajstić information content (AvgIpc) is 3.37. The zero-order chi connectivity index (χ0) is 20.4. The summed E-state index contributed by atoms with van der Waals surface area (Å²) in [5.41, 5.74) is 4.36. The highest BCUT2D eigenvalue weighted by Crippen LogP contribution is 2.30. The first-order valence-electron chi connectivity index (χ1n) is 9.03. The second kappa shape index (κ2) is 7.75. The Balaban J connectivity index is 1.57. The SMILES string of the molecule is Cc1c(C(=O)Oc2ccc(F)cc2)oc2c1/C(=N/NC(=O)c1ccco1)CCC2. The van der Waals surface area contributed by atoms with E-state index in [1.54, 1.807) is 13.0 Å². The number of carbonyl (C=O) groups excluding carboxylic acids is 2. The van der Waals surface area contributed by atoms with Crippen molar-refractivity contribution in [3.05, 3.63) is 76.9 Å². The second-order valence-electron chi connectivity index (χ2n) is 6.53. The first kappa shape index (κ1) is 18.7. The second-order valence-corrected chi connectivity index (χ2v) is 6.53. The third kappa shape index (κ3) is 3.82. The molecule has 0 spiro atoms. The molecular formula is C21H17FN2O5. The van der Waals surface area contributed by atoms with Crippen LogP contribution in [0.3, 0.4) is 0 Å². The topological polar surface area (TPSA) is 94.0 Å². The molecule has 0 bridgehead atoms. The van der Waals surface area contributed by atoms with Gasteiger partial charge in [0.2, 0.25) is 5.76 Å². The van der Waals surface area contributed by atoms with Crippen molar-refractivity contribution in [1.82, 2.24) is 5.43 Å². The number of esters is 1. The summed E-state index contributed by atoms with van der Waals surface area (Å²) in [6, 6.07) is 8.28. The van der Waals surface area contributed by atoms with Gasteiger partial charge in [0.15, 0.2) is 5.76 Å². The lowest BCUT2D eigenvalue weighted by molar-refractivity contribution is 0.0698. The van der Waals surface area contributed by atoms with Gasteiger partial charge >= 0.3 is 11.9 Å². The standard InChI is InChI=1S/C21H17FN2O5/c1-12-18-15(23-24-20(25)17-6-3-11-27-17)4-2-5-16(18)29-19(12)21(26)28-14-9-7-13(22)8-10-14/h3,6-11H,2,4-5H2,1H3,(H,24,25)/b23-15+. The van der Waals surface area contributed by atoms with Crippen LogP contribution in [0, 0.1) is 12.7 Å². The van der Waals surface area contributed by atoms with Gasteiger partial charge in [0, 0.05) is 17.5 Å². The number of halogens is 1. The van der Waals surface area contributed by atoms with Gasteiger partial charge in [0.25, 0.3) is 0 Å². The van der Waals surface area contributed by atoms with Crippen LogP contribution in [0.1, 0.15) is 50.8 Å². The molecule has 1 aliphatic rings. The number of aryl methyl sites for hydroxylation is 1. The molecule has 4 rings (SSSR count). The van der Waals surface area contributed by atoms with Crippen LogP contribution < -0.4 is 10.2 Å². The van der Waals surface area contributed by atoms with E-state index >= 15 is 0 Å². The number of rotatable bonds is 4. The number of furan rings is 2. The summed E-state index contributed by atoms with van der Waals surface area (Å²) >= 11 is 0. The fourth-order valence-corrected chi connectivity index (χ4v) is 3.21. The normalized spacial score (nSPS) is 14.5. The maximum atomic E-state index is 13.0. The monoisotopic (exact) mass is 396 g/mol. The highest BCUT2D eigenvalue weighted by atomic mass is 19.1. The van der Waals surface area contributed by atoms with Gasteiger partial charge in [0.1, 0.15) is 17.3 Å². The Hall–Kier alpha value is -3.68. The van der Waals surface area contributed by atoms with Gasteiger partial charge in [-0.05, 0) is 56.2 Å². The molecule has 2 heterocycles. The van der Waals surface area contributed by atoms with Crippen LogP contribution in [0.2, 0.25) is 0 Å². The first-order chi connectivity index (χ1) is 14.0. The summed E-state index contributed by atoms with van der Waals surface area (Å²) in [5.74, 6) is -0.527. The van der Waals surface area contributed by atoms with E-state index in [9.17, 15) is 14.0 Å². The summed E-state index contributed by atoms with van der Waals surface area (Å²) in [5, 5.41) is 4.21. The zero-order valence-electron chi connectivity index (χ0n) is 15.5. The molecule has 2 aromatic heterocycles. The molecule has 3 aromatic rings. The predicted molar refractivity (Wildman–Crippen MR) is 100 cm³/mol. The van der Waals surface area contributed by atoms with Gasteiger partial charge in [-0.3, -0.25) is 4.79 Å². The molecule has 0 aliphatic heterocycles. The maximum absolute atomic E-state index is 13.0. The maximum Gasteiger partial charge on any atom is 0.379 e. The van der Waals surface area contributed by atoms with Crippen molar-refractivity contribution in [1.29, 1.82) is 0 Å². The third-order valence-electron chi connectivity index (χ3n) is 4.57. The average molecular weight is 396 g/mol. The van der Waals surface area contributed by atoms with Gasteiger partial charge in [-0.25, -0.2) is 14.6 Å². The van der Waals surface area contributed by atoms with Crippen LogP contribution in [0.25, 0.3) is 0 Å². The lowest BCUT2D eigenvalue weighted by atomic mass is 9.93. The Morgan fingerprint density at radius 2 is 1.97 bits per heavy atom. The molecule has 0 saturated heterocycles. The lowest BCUT2D eigenvalue weighted by Gasteiger charge is -2.13. The Morgan fingerprint density at radius 1 is 1.17 bits per heavy atom. The fourth-order valence-electron chi connectivity index (χ4n) is 3.21. The largest absolute Gasteiger partial charge is 0.459 e. The van der Waals surface area contributed by atoms with Crippen LogP contribution in [0.4, 0.5) is 4.39 Å². The summed E-state index contributed by atoms with van der Waals surface area (Å²) in [6.45, 7) is 1.73. The first-order valence-corrected chi connectivity index (χ1v) is 9.03. The van der Waals surface area contributed by atoms with Gasteiger partial charge in [-0.15, -0.1) is 0 Å². The zero-order valence-corrected chi connectivity index (χ0v) is 15.5. The molecule has 1 aromatic carbocycles. The Labute approximate surface area is 165 Å². The number of amides is 1. The molecule has 0 atom stereocenters. The van der Waals surface area contributed by atoms with Gasteiger partial charge in [-0.1, -0.05) is 0 Å². The molecule has 8 heteroatoms. The molecule has 29 heavy (non-hydrogen) atoms. The van der Waals surface area contributed by atoms with Crippen molar-refractivity contribution in [2.45, 2.75) is 26.2 Å². The highest BCUT2D eigenvalue weighted by Gasteiger charge is 2.29. The third-order valence-corrected chi connectivity index (χ3v) is 4.57. The number of fused-ring (bicyclic) bond motifs is 1. The summed E-state index contributed by atoms with van der Waals surface area (Å²) in [4.78, 5) is 24.6. The molecule has 0 radical (unpaired) electrons. The smallest absolute Gasteiger partial charge is 0.379 e. The van der Waals surface area contributed by atoms with Crippen molar-refractivity contribution in [2.24, 2.45) is 5.10 Å². The van der Waals surface area contributed by atoms with E-state index in [0.717, 1.165) is 6.42 Å². The van der Waals surface area contributed by atoms with Gasteiger partial charge in [-0.2, -0.15) is 5.10 Å². The number of hydrogen-bond acceptors (Lipinski definition) is 6. The number of carbonyl (C=O) groups is 2. The minimum Gasteiger partial charge on any atom is -0.459 e. The number of nitrogens with zero attached hydrogens (tertiary/aromatic N) is 1. The Morgan fingerprint density at radius 3 is 2.69 bits per heavy atom. The predicted octanol–water partition coefficient (Wildman–Crippen LogP) is 4.01. The number of nitrogens with one attached hydrogen (secondary N) is 1. The molecule has 1 N–H and O–H groups in total. The number of benzene rings is 1. The van der Waals surface area contributed by atoms with Crippen molar-refractivity contribution in [3.8, 4) is 5.75 Å². The molecule has 1 amide bonds. The molecule has 1 aliphatic carbocycles. The van der Waals surface area contributed by atoms with Gasteiger partial charge < -0.3 is 13.6 Å². The molecule has 0 saturated carbocycles. The Kier molecular flexibility index (Phi) is 4.99. The van der Waals surface area contributed by atoms with Crippen molar-refractivity contribution < 1.29 is 27.6 Å². The molecule has 7 nitrogen and oxygen atoms in total. The molecule has 148 valence electrons. The van der Waals surface area contributed by atoms with E-state index in [2.05, 4.69) is 10.5 Å². The fraction of sp³-hybridized carbons (Fsp3) is 0.190. The number of ether oxygens (including phenoxy) is 1. The summed E-state index contributed by atoms with van der Waals surface area (Å²) < 4.78 is 29.1. The van der Waals surface area contributed by atoms with Crippen LogP contribution in [-0.4, -0.2) is 17.6 Å². The summed E-state index contributed by atoms with van der Waals surface area (Å²) in [7, 11) is 0. The van der Waals surface area contributed by atoms with Crippen molar-refractivity contribution in [2.75, 3.05) is 0 Å². The van der Waals surface area contributed by atoms with Crippen molar-refractivity contribution >= 4 is 17.6 Å². The van der Waals surface area contributed by atoms with E-state index < -0.39 is 17.7 Å². The van der Waals surface area contributed by atoms with Crippen molar-refractivity contribution in [3.63, 3.8) is 0 Å². The van der Waals surface area contributed by atoms with E-state index in [1.807, 2.05) is 0 Å². The minimum atomic E-state index is -0.678. The minimum absolute atomic E-state index is 0.0614. The van der Waals surface area contributed by atoms with Crippen LogP contribution in [0.15, 0.2) is 56.6 Å². The molecule has 0 unspecified atom stereocenters. The van der Waals surface area contributed by atoms with E-state index in [1.165, 1.54) is 36.6 Å².